The highest BCUT2D eigenvalue weighted by Crippen LogP contribution is 2.32. The Balaban J connectivity index is 0.858. The molecule has 0 atom stereocenters. The summed E-state index contributed by atoms with van der Waals surface area (Å²) in [6, 6.07) is 24.1. The minimum atomic E-state index is -0.488. The number of imidazole rings is 1. The maximum Gasteiger partial charge on any atom is 0.411 e. The fourth-order valence-corrected chi connectivity index (χ4v) is 7.42. The van der Waals surface area contributed by atoms with Gasteiger partial charge in [-0.1, -0.05) is 60.7 Å². The molecule has 3 aliphatic rings. The first-order chi connectivity index (χ1) is 23.9. The molecular formula is C38H43N7O4. The Kier molecular flexibility index (Phi) is 9.45. The molecule has 1 aromatic heterocycles. The number of amides is 3. The van der Waals surface area contributed by atoms with E-state index in [1.165, 1.54) is 11.1 Å². The van der Waals surface area contributed by atoms with E-state index in [0.29, 0.717) is 38.4 Å². The molecule has 254 valence electrons. The van der Waals surface area contributed by atoms with Crippen molar-refractivity contribution in [2.45, 2.75) is 64.9 Å². The number of hydrogen-bond acceptors (Lipinski definition) is 7. The van der Waals surface area contributed by atoms with E-state index in [-0.39, 0.29) is 12.0 Å². The van der Waals surface area contributed by atoms with Gasteiger partial charge in [0.05, 0.1) is 17.1 Å². The summed E-state index contributed by atoms with van der Waals surface area (Å²) >= 11 is 0. The van der Waals surface area contributed by atoms with Crippen LogP contribution >= 0.6 is 0 Å². The summed E-state index contributed by atoms with van der Waals surface area (Å²) in [6.45, 7) is 7.80. The molecule has 3 amide bonds. The largest absolute Gasteiger partial charge is 0.446 e. The average molecular weight is 662 g/mol. The van der Waals surface area contributed by atoms with Gasteiger partial charge in [0, 0.05) is 70.0 Å². The van der Waals surface area contributed by atoms with Gasteiger partial charge in [0.1, 0.15) is 6.10 Å². The monoisotopic (exact) mass is 661 g/mol. The number of nitrogens with zero attached hydrogens (tertiary/aromatic N) is 5. The van der Waals surface area contributed by atoms with Gasteiger partial charge in [-0.25, -0.2) is 9.78 Å². The van der Waals surface area contributed by atoms with Crippen molar-refractivity contribution in [3.63, 3.8) is 0 Å². The number of para-hydroxylation sites is 1. The first kappa shape index (κ1) is 32.5. The number of benzene rings is 3. The van der Waals surface area contributed by atoms with Gasteiger partial charge in [-0.15, -0.1) is 0 Å². The number of ether oxygens (including phenoxy) is 1. The van der Waals surface area contributed by atoms with Crippen molar-refractivity contribution in [2.24, 2.45) is 5.73 Å². The number of rotatable bonds is 10. The van der Waals surface area contributed by atoms with E-state index in [0.717, 1.165) is 79.3 Å². The highest BCUT2D eigenvalue weighted by Gasteiger charge is 2.30. The molecule has 0 bridgehead atoms. The molecule has 0 radical (unpaired) electrons. The van der Waals surface area contributed by atoms with Crippen molar-refractivity contribution in [1.82, 2.24) is 19.4 Å². The molecule has 0 spiro atoms. The van der Waals surface area contributed by atoms with E-state index in [1.54, 1.807) is 0 Å². The van der Waals surface area contributed by atoms with Crippen molar-refractivity contribution < 1.29 is 19.1 Å². The van der Waals surface area contributed by atoms with Crippen LogP contribution in [0.5, 0.6) is 0 Å². The normalized spacial score (nSPS) is 16.4. The second-order valence-electron chi connectivity index (χ2n) is 13.1. The number of carbonyl (C=O) groups is 3. The van der Waals surface area contributed by atoms with Crippen LogP contribution in [0.3, 0.4) is 0 Å². The summed E-state index contributed by atoms with van der Waals surface area (Å²) in [4.78, 5) is 48.9. The third kappa shape index (κ3) is 7.09. The van der Waals surface area contributed by atoms with E-state index in [4.69, 9.17) is 10.5 Å². The number of aromatic nitrogens is 2. The number of likely N-dealkylation sites (tertiary alicyclic amines) is 1. The smallest absolute Gasteiger partial charge is 0.411 e. The Hall–Kier alpha value is -5.00. The molecule has 11 nitrogen and oxygen atoms in total. The van der Waals surface area contributed by atoms with Crippen LogP contribution in [0.2, 0.25) is 0 Å². The summed E-state index contributed by atoms with van der Waals surface area (Å²) in [7, 11) is 0. The molecule has 4 heterocycles. The van der Waals surface area contributed by atoms with Gasteiger partial charge in [-0.2, -0.15) is 0 Å². The van der Waals surface area contributed by atoms with Crippen LogP contribution in [0.1, 0.15) is 59.3 Å². The SMILES string of the molecule is CCn1c(C(N)=O)nc2c1CN(Cc1ccc3c(c1)CCN3C(=O)CCN1CCC(OC(=O)Nc3ccccc3-c3ccccc3)CC1)C2. The van der Waals surface area contributed by atoms with E-state index in [9.17, 15) is 14.4 Å². The van der Waals surface area contributed by atoms with Crippen LogP contribution < -0.4 is 16.0 Å². The zero-order chi connectivity index (χ0) is 33.9. The number of hydrogen-bond donors (Lipinski definition) is 2. The van der Waals surface area contributed by atoms with Crippen molar-refractivity contribution >= 4 is 29.3 Å². The van der Waals surface area contributed by atoms with Gasteiger partial charge in [-0.3, -0.25) is 19.8 Å². The van der Waals surface area contributed by atoms with Crippen LogP contribution in [0, 0.1) is 0 Å². The lowest BCUT2D eigenvalue weighted by Crippen LogP contribution is -2.40. The van der Waals surface area contributed by atoms with Gasteiger partial charge in [0.15, 0.2) is 5.82 Å². The molecule has 0 unspecified atom stereocenters. The lowest BCUT2D eigenvalue weighted by molar-refractivity contribution is -0.118. The number of fused-ring (bicyclic) bond motifs is 2. The summed E-state index contributed by atoms with van der Waals surface area (Å²) in [5, 5.41) is 2.94. The van der Waals surface area contributed by atoms with Gasteiger partial charge >= 0.3 is 6.09 Å². The van der Waals surface area contributed by atoms with Crippen LogP contribution in [0.25, 0.3) is 11.1 Å². The Bertz CT molecular complexity index is 1850. The third-order valence-electron chi connectivity index (χ3n) is 9.88. The summed E-state index contributed by atoms with van der Waals surface area (Å²) < 4.78 is 7.72. The van der Waals surface area contributed by atoms with E-state index < -0.39 is 12.0 Å². The van der Waals surface area contributed by atoms with Crippen LogP contribution in [-0.4, -0.2) is 69.5 Å². The molecule has 3 aliphatic heterocycles. The lowest BCUT2D eigenvalue weighted by atomic mass is 10.0. The molecule has 3 aromatic carbocycles. The topological polar surface area (TPSA) is 126 Å². The molecule has 0 aliphatic carbocycles. The Morgan fingerprint density at radius 1 is 0.939 bits per heavy atom. The number of anilines is 2. The maximum atomic E-state index is 13.3. The number of nitrogens with two attached hydrogens (primary N) is 1. The van der Waals surface area contributed by atoms with Gasteiger partial charge in [0.25, 0.3) is 5.91 Å². The highest BCUT2D eigenvalue weighted by molar-refractivity contribution is 5.95. The number of piperidine rings is 1. The quantitative estimate of drug-likeness (QED) is 0.240. The van der Waals surface area contributed by atoms with Crippen molar-refractivity contribution in [3.8, 4) is 11.1 Å². The molecule has 1 saturated heterocycles. The molecule has 49 heavy (non-hydrogen) atoms. The second kappa shape index (κ2) is 14.2. The summed E-state index contributed by atoms with van der Waals surface area (Å²) in [6.07, 6.45) is 2.18. The molecule has 0 saturated carbocycles. The van der Waals surface area contributed by atoms with Crippen molar-refractivity contribution in [1.29, 1.82) is 0 Å². The summed E-state index contributed by atoms with van der Waals surface area (Å²) in [5.74, 6) is -0.00262. The number of nitrogens with one attached hydrogen (secondary N) is 1. The number of carbonyl (C=O) groups excluding carboxylic acids is 3. The molecule has 1 fully saturated rings. The Morgan fingerprint density at radius 3 is 2.49 bits per heavy atom. The zero-order valence-corrected chi connectivity index (χ0v) is 27.9. The average Bonchev–Trinajstić information content (AvgIpc) is 3.81. The third-order valence-corrected chi connectivity index (χ3v) is 9.88. The van der Waals surface area contributed by atoms with E-state index >= 15 is 0 Å². The molecule has 3 N–H and O–H groups in total. The standard InChI is InChI=1S/C38H43N7O4/c1-2-44-34-25-43(24-32(34)40-37(44)36(39)47)23-26-12-13-33-28(22-26)14-21-45(33)35(46)17-20-42-18-15-29(16-19-42)49-38(48)41-31-11-7-6-10-30(31)27-8-4-3-5-9-27/h3-13,22,29H,2,14-21,23-25H2,1H3,(H2,39,47)(H,41,48). The molecule has 11 heteroatoms. The Labute approximate surface area is 286 Å². The molecule has 4 aromatic rings. The van der Waals surface area contributed by atoms with E-state index in [2.05, 4.69) is 38.3 Å². The van der Waals surface area contributed by atoms with Crippen LogP contribution in [-0.2, 0) is 42.1 Å². The van der Waals surface area contributed by atoms with Crippen LogP contribution in [0.4, 0.5) is 16.2 Å². The van der Waals surface area contributed by atoms with Gasteiger partial charge < -0.3 is 24.8 Å². The predicted molar refractivity (Wildman–Crippen MR) is 188 cm³/mol. The van der Waals surface area contributed by atoms with E-state index in [1.807, 2.05) is 71.0 Å². The lowest BCUT2D eigenvalue weighted by Gasteiger charge is -2.31. The highest BCUT2D eigenvalue weighted by atomic mass is 16.6. The molecule has 7 rings (SSSR count). The van der Waals surface area contributed by atoms with Crippen LogP contribution in [0.15, 0.2) is 72.8 Å². The fraction of sp³-hybridized carbons (Fsp3) is 0.368. The second-order valence-corrected chi connectivity index (χ2v) is 13.1. The zero-order valence-electron chi connectivity index (χ0n) is 27.9. The van der Waals surface area contributed by atoms with Crippen molar-refractivity contribution in [2.75, 3.05) is 36.4 Å². The predicted octanol–water partition coefficient (Wildman–Crippen LogP) is 5.18. The molecular weight excluding hydrogens is 618 g/mol. The first-order valence-electron chi connectivity index (χ1n) is 17.2. The number of primary amides is 1. The fourth-order valence-electron chi connectivity index (χ4n) is 7.42. The minimum absolute atomic E-state index is 0.143. The van der Waals surface area contributed by atoms with Gasteiger partial charge in [-0.05, 0) is 55.0 Å². The maximum absolute atomic E-state index is 13.3. The summed E-state index contributed by atoms with van der Waals surface area (Å²) in [5.41, 5.74) is 13.6. The van der Waals surface area contributed by atoms with Gasteiger partial charge in [0.2, 0.25) is 5.91 Å². The van der Waals surface area contributed by atoms with Crippen molar-refractivity contribution in [3.05, 3.63) is 101 Å². The minimum Gasteiger partial charge on any atom is -0.446 e. The Morgan fingerprint density at radius 2 is 1.71 bits per heavy atom. The first-order valence-corrected chi connectivity index (χ1v) is 17.2.